The maximum Gasteiger partial charge on any atom is 0.371 e. The Kier molecular flexibility index (Phi) is 3.66. The predicted molar refractivity (Wildman–Crippen MR) is 63.3 cm³/mol. The Morgan fingerprint density at radius 2 is 2.26 bits per heavy atom. The Morgan fingerprint density at radius 1 is 1.53 bits per heavy atom. The zero-order valence-electron chi connectivity index (χ0n) is 10.4. The number of carbonyl (C=O) groups excluding carboxylic acids is 2. The number of rotatable bonds is 4. The van der Waals surface area contributed by atoms with Gasteiger partial charge in [-0.1, -0.05) is 0 Å². The van der Waals surface area contributed by atoms with Gasteiger partial charge in [-0.05, 0) is 18.6 Å². The molecule has 19 heavy (non-hydrogen) atoms. The van der Waals surface area contributed by atoms with E-state index in [0.717, 1.165) is 4.90 Å². The highest BCUT2D eigenvalue weighted by molar-refractivity contribution is 6.00. The molecular formula is C12H14N2O5. The number of carbonyl (C=O) groups is 3. The molecule has 7 heteroatoms. The van der Waals surface area contributed by atoms with E-state index in [1.165, 1.54) is 13.1 Å². The fourth-order valence-corrected chi connectivity index (χ4v) is 1.92. The summed E-state index contributed by atoms with van der Waals surface area (Å²) < 4.78 is 5.07. The quantitative estimate of drug-likeness (QED) is 0.756. The van der Waals surface area contributed by atoms with E-state index < -0.39 is 12.0 Å². The summed E-state index contributed by atoms with van der Waals surface area (Å²) in [5.41, 5.74) is 0. The number of carboxylic acids is 1. The van der Waals surface area contributed by atoms with Crippen LogP contribution in [0.2, 0.25) is 0 Å². The highest BCUT2D eigenvalue weighted by Crippen LogP contribution is 2.13. The molecule has 1 aliphatic rings. The van der Waals surface area contributed by atoms with Gasteiger partial charge in [-0.25, -0.2) is 4.79 Å². The molecule has 1 unspecified atom stereocenters. The van der Waals surface area contributed by atoms with E-state index in [-0.39, 0.29) is 24.1 Å². The zero-order valence-corrected chi connectivity index (χ0v) is 10.4. The Bertz CT molecular complexity index is 522. The van der Waals surface area contributed by atoms with Gasteiger partial charge in [0.05, 0.1) is 12.6 Å². The molecule has 1 aliphatic heterocycles. The molecule has 7 nitrogen and oxygen atoms in total. The monoisotopic (exact) mass is 266 g/mol. The molecule has 0 aromatic carbocycles. The second kappa shape index (κ2) is 5.23. The summed E-state index contributed by atoms with van der Waals surface area (Å²) in [7, 11) is 1.45. The van der Waals surface area contributed by atoms with E-state index in [4.69, 9.17) is 9.52 Å². The first-order valence-electron chi connectivity index (χ1n) is 5.85. The minimum absolute atomic E-state index is 0.140. The maximum absolute atomic E-state index is 11.8. The molecule has 102 valence electrons. The second-order valence-corrected chi connectivity index (χ2v) is 4.33. The van der Waals surface area contributed by atoms with Crippen LogP contribution in [-0.4, -0.2) is 40.9 Å². The van der Waals surface area contributed by atoms with E-state index in [1.807, 2.05) is 0 Å². The van der Waals surface area contributed by atoms with Crippen LogP contribution >= 0.6 is 0 Å². The number of nitrogens with zero attached hydrogens (tertiary/aromatic N) is 1. The van der Waals surface area contributed by atoms with Crippen LogP contribution in [0, 0.1) is 0 Å². The lowest BCUT2D eigenvalue weighted by molar-refractivity contribution is -0.148. The van der Waals surface area contributed by atoms with E-state index in [0.29, 0.717) is 18.6 Å². The largest absolute Gasteiger partial charge is 0.475 e. The van der Waals surface area contributed by atoms with Crippen molar-refractivity contribution in [3.05, 3.63) is 23.7 Å². The molecule has 0 bridgehead atoms. The number of likely N-dealkylation sites (N-methyl/N-ethyl adjacent to an activating group) is 1. The lowest BCUT2D eigenvalue weighted by Gasteiger charge is -2.28. The topological polar surface area (TPSA) is 99.8 Å². The Morgan fingerprint density at radius 3 is 2.89 bits per heavy atom. The summed E-state index contributed by atoms with van der Waals surface area (Å²) >= 11 is 0. The number of likely N-dealkylation sites (tertiary alicyclic amines) is 1. The van der Waals surface area contributed by atoms with Gasteiger partial charge in [0.1, 0.15) is 5.76 Å². The van der Waals surface area contributed by atoms with Crippen LogP contribution in [0.25, 0.3) is 0 Å². The Labute approximate surface area is 109 Å². The highest BCUT2D eigenvalue weighted by atomic mass is 16.4. The van der Waals surface area contributed by atoms with Gasteiger partial charge in [-0.15, -0.1) is 0 Å². The van der Waals surface area contributed by atoms with Gasteiger partial charge >= 0.3 is 5.97 Å². The number of hydrogen-bond donors (Lipinski definition) is 2. The third kappa shape index (κ3) is 2.82. The van der Waals surface area contributed by atoms with Gasteiger partial charge in [0.25, 0.3) is 0 Å². The lowest BCUT2D eigenvalue weighted by atomic mass is 10.0. The molecule has 2 rings (SSSR count). The van der Waals surface area contributed by atoms with Gasteiger partial charge < -0.3 is 9.52 Å². The first-order chi connectivity index (χ1) is 8.99. The lowest BCUT2D eigenvalue weighted by Crippen LogP contribution is -2.51. The molecule has 0 radical (unpaired) electrons. The number of amides is 2. The molecule has 0 aliphatic carbocycles. The molecule has 2 amide bonds. The Hall–Kier alpha value is -2.15. The fraction of sp³-hybridized carbons (Fsp3) is 0.417. The van der Waals surface area contributed by atoms with Crippen molar-refractivity contribution >= 4 is 17.8 Å². The van der Waals surface area contributed by atoms with Gasteiger partial charge in [-0.2, -0.15) is 0 Å². The summed E-state index contributed by atoms with van der Waals surface area (Å²) in [6.07, 6.45) is 0.757. The van der Waals surface area contributed by atoms with E-state index in [9.17, 15) is 14.4 Å². The van der Waals surface area contributed by atoms with Crippen LogP contribution in [0.4, 0.5) is 0 Å². The number of aromatic carboxylic acids is 1. The van der Waals surface area contributed by atoms with Crippen molar-refractivity contribution in [2.45, 2.75) is 25.4 Å². The van der Waals surface area contributed by atoms with Crippen LogP contribution < -0.4 is 5.32 Å². The van der Waals surface area contributed by atoms with Gasteiger partial charge in [-0.3, -0.25) is 19.8 Å². The highest BCUT2D eigenvalue weighted by Gasteiger charge is 2.31. The Balaban J connectivity index is 1.93. The van der Waals surface area contributed by atoms with Crippen LogP contribution in [0.15, 0.2) is 16.5 Å². The van der Waals surface area contributed by atoms with Crippen molar-refractivity contribution < 1.29 is 23.9 Å². The molecule has 0 saturated carbocycles. The van der Waals surface area contributed by atoms with Crippen LogP contribution in [0.1, 0.15) is 29.2 Å². The number of nitrogens with one attached hydrogen (secondary N) is 1. The van der Waals surface area contributed by atoms with Gasteiger partial charge in [0.15, 0.2) is 0 Å². The number of carboxylic acid groups (broad SMARTS) is 1. The van der Waals surface area contributed by atoms with Crippen molar-refractivity contribution in [1.82, 2.24) is 10.2 Å². The average molecular weight is 266 g/mol. The van der Waals surface area contributed by atoms with E-state index in [1.54, 1.807) is 6.07 Å². The summed E-state index contributed by atoms with van der Waals surface area (Å²) in [4.78, 5) is 34.8. The summed E-state index contributed by atoms with van der Waals surface area (Å²) in [6.45, 7) is 0.242. The third-order valence-electron chi connectivity index (χ3n) is 3.04. The first-order valence-corrected chi connectivity index (χ1v) is 5.85. The summed E-state index contributed by atoms with van der Waals surface area (Å²) in [6, 6.07) is 2.46. The molecule has 1 aromatic rings. The van der Waals surface area contributed by atoms with Crippen molar-refractivity contribution in [1.29, 1.82) is 0 Å². The molecule has 0 spiro atoms. The number of piperidine rings is 1. The van der Waals surface area contributed by atoms with Crippen LogP contribution in [0.3, 0.4) is 0 Å². The minimum Gasteiger partial charge on any atom is -0.475 e. The predicted octanol–water partition coefficient (Wildman–Crippen LogP) is 0.215. The molecular weight excluding hydrogens is 252 g/mol. The summed E-state index contributed by atoms with van der Waals surface area (Å²) in [5, 5.41) is 11.7. The van der Waals surface area contributed by atoms with Crippen LogP contribution in [0.5, 0.6) is 0 Å². The molecule has 2 N–H and O–H groups in total. The van der Waals surface area contributed by atoms with Gasteiger partial charge in [0.2, 0.25) is 17.6 Å². The van der Waals surface area contributed by atoms with Crippen LogP contribution in [-0.2, 0) is 16.1 Å². The fourth-order valence-electron chi connectivity index (χ4n) is 1.92. The smallest absolute Gasteiger partial charge is 0.371 e. The zero-order chi connectivity index (χ0) is 14.0. The molecule has 2 heterocycles. The van der Waals surface area contributed by atoms with Gasteiger partial charge in [0, 0.05) is 13.5 Å². The van der Waals surface area contributed by atoms with Crippen molar-refractivity contribution in [3.63, 3.8) is 0 Å². The first kappa shape index (κ1) is 13.3. The molecule has 1 aromatic heterocycles. The van der Waals surface area contributed by atoms with Crippen molar-refractivity contribution in [2.24, 2.45) is 0 Å². The third-order valence-corrected chi connectivity index (χ3v) is 3.04. The number of hydrogen-bond acceptors (Lipinski definition) is 5. The number of furan rings is 1. The molecule has 1 fully saturated rings. The second-order valence-electron chi connectivity index (χ2n) is 4.33. The molecule has 1 saturated heterocycles. The summed E-state index contributed by atoms with van der Waals surface area (Å²) in [5.74, 6) is -1.30. The van der Waals surface area contributed by atoms with E-state index in [2.05, 4.69) is 5.32 Å². The van der Waals surface area contributed by atoms with Crippen molar-refractivity contribution in [2.75, 3.05) is 7.05 Å². The average Bonchev–Trinajstić information content (AvgIpc) is 2.84. The number of imide groups is 1. The standard InChI is InChI=1S/C12H14N2O5/c1-14-10(15)5-3-8(11(14)16)13-6-7-2-4-9(19-7)12(17)18/h2,4,8,13H,3,5-6H2,1H3,(H,17,18). The van der Waals surface area contributed by atoms with Crippen molar-refractivity contribution in [3.8, 4) is 0 Å². The molecule has 1 atom stereocenters. The minimum atomic E-state index is -1.13. The SMILES string of the molecule is CN1C(=O)CCC(NCc2ccc(C(=O)O)o2)C1=O. The maximum atomic E-state index is 11.8. The van der Waals surface area contributed by atoms with E-state index >= 15 is 0 Å². The normalized spacial score (nSPS) is 19.8.